The van der Waals surface area contributed by atoms with Crippen molar-refractivity contribution < 1.29 is 8.42 Å². The molecule has 0 saturated carbocycles. The summed E-state index contributed by atoms with van der Waals surface area (Å²) in [5.74, 6) is 0.0188. The summed E-state index contributed by atoms with van der Waals surface area (Å²) in [6, 6.07) is 16.5. The number of nitrogens with zero attached hydrogens (tertiary/aromatic N) is 1. The van der Waals surface area contributed by atoms with Gasteiger partial charge in [0.15, 0.2) is 0 Å². The third-order valence-electron chi connectivity index (χ3n) is 3.98. The van der Waals surface area contributed by atoms with E-state index in [-0.39, 0.29) is 11.8 Å². The predicted molar refractivity (Wildman–Crippen MR) is 92.8 cm³/mol. The maximum Gasteiger partial charge on any atom is 0.218 e. The molecular formula is C17H19ClN2O2S. The van der Waals surface area contributed by atoms with Crippen LogP contribution in [-0.2, 0) is 15.8 Å². The second kappa shape index (κ2) is 7.01. The highest BCUT2D eigenvalue weighted by Gasteiger charge is 2.33. The van der Waals surface area contributed by atoms with E-state index in [0.29, 0.717) is 24.7 Å². The zero-order valence-electron chi connectivity index (χ0n) is 12.7. The zero-order valence-corrected chi connectivity index (χ0v) is 14.2. The van der Waals surface area contributed by atoms with E-state index in [0.717, 1.165) is 11.1 Å². The molecule has 3 rings (SSSR count). The van der Waals surface area contributed by atoms with Gasteiger partial charge in [-0.05, 0) is 23.3 Å². The van der Waals surface area contributed by atoms with Gasteiger partial charge in [0.05, 0.1) is 11.8 Å². The van der Waals surface area contributed by atoms with Gasteiger partial charge < -0.3 is 5.32 Å². The van der Waals surface area contributed by atoms with Gasteiger partial charge in [0.1, 0.15) is 0 Å². The molecule has 1 saturated heterocycles. The number of piperazine rings is 1. The van der Waals surface area contributed by atoms with Crippen LogP contribution in [0.3, 0.4) is 0 Å². The molecule has 2 aromatic rings. The Labute approximate surface area is 142 Å². The number of rotatable bonds is 4. The fraction of sp³-hybridized carbons (Fsp3) is 0.294. The van der Waals surface area contributed by atoms with Crippen LogP contribution in [-0.4, -0.2) is 32.4 Å². The van der Waals surface area contributed by atoms with Crippen LogP contribution in [0, 0.1) is 0 Å². The van der Waals surface area contributed by atoms with E-state index in [4.69, 9.17) is 11.6 Å². The lowest BCUT2D eigenvalue weighted by Crippen LogP contribution is -2.48. The molecule has 2 aromatic carbocycles. The first kappa shape index (κ1) is 16.5. The monoisotopic (exact) mass is 350 g/mol. The summed E-state index contributed by atoms with van der Waals surface area (Å²) < 4.78 is 27.4. The van der Waals surface area contributed by atoms with Crippen LogP contribution in [0.4, 0.5) is 0 Å². The minimum absolute atomic E-state index is 0.0188. The van der Waals surface area contributed by atoms with Crippen LogP contribution in [0.2, 0.25) is 5.02 Å². The smallest absolute Gasteiger partial charge is 0.218 e. The Morgan fingerprint density at radius 2 is 1.91 bits per heavy atom. The van der Waals surface area contributed by atoms with Crippen molar-refractivity contribution in [1.29, 1.82) is 0 Å². The lowest BCUT2D eigenvalue weighted by atomic mass is 10.1. The van der Waals surface area contributed by atoms with Crippen LogP contribution >= 0.6 is 11.6 Å². The van der Waals surface area contributed by atoms with E-state index in [1.165, 1.54) is 0 Å². The summed E-state index contributed by atoms with van der Waals surface area (Å²) in [4.78, 5) is 0. The van der Waals surface area contributed by atoms with Crippen LogP contribution in [0.5, 0.6) is 0 Å². The van der Waals surface area contributed by atoms with Crippen LogP contribution in [0.25, 0.3) is 0 Å². The maximum absolute atomic E-state index is 12.9. The zero-order chi connectivity index (χ0) is 16.3. The Kier molecular flexibility index (Phi) is 5.02. The Hall–Kier alpha value is -1.40. The molecule has 0 radical (unpaired) electrons. The first-order chi connectivity index (χ1) is 11.1. The van der Waals surface area contributed by atoms with E-state index < -0.39 is 10.0 Å². The first-order valence-electron chi connectivity index (χ1n) is 7.56. The normalized spacial score (nSPS) is 19.6. The molecule has 6 heteroatoms. The highest BCUT2D eigenvalue weighted by atomic mass is 35.5. The van der Waals surface area contributed by atoms with Gasteiger partial charge in [-0.25, -0.2) is 8.42 Å². The quantitative estimate of drug-likeness (QED) is 0.922. The minimum atomic E-state index is -3.40. The number of halogens is 1. The molecule has 4 nitrogen and oxygen atoms in total. The largest absolute Gasteiger partial charge is 0.313 e. The second-order valence-corrected chi connectivity index (χ2v) is 7.99. The topological polar surface area (TPSA) is 49.4 Å². The van der Waals surface area contributed by atoms with Gasteiger partial charge >= 0.3 is 0 Å². The van der Waals surface area contributed by atoms with Crippen LogP contribution < -0.4 is 5.32 Å². The summed E-state index contributed by atoms with van der Waals surface area (Å²) in [6.45, 7) is 1.71. The molecule has 1 atom stereocenters. The maximum atomic E-state index is 12.9. The fourth-order valence-electron chi connectivity index (χ4n) is 2.88. The molecule has 0 spiro atoms. The number of nitrogens with one attached hydrogen (secondary N) is 1. The minimum Gasteiger partial charge on any atom is -0.313 e. The van der Waals surface area contributed by atoms with Crippen LogP contribution in [0.15, 0.2) is 54.6 Å². The summed E-state index contributed by atoms with van der Waals surface area (Å²) >= 11 is 6.07. The summed E-state index contributed by atoms with van der Waals surface area (Å²) in [5, 5.41) is 3.89. The Balaban J connectivity index is 1.88. The average molecular weight is 351 g/mol. The molecule has 1 N–H and O–H groups in total. The van der Waals surface area contributed by atoms with E-state index in [1.807, 2.05) is 48.5 Å². The molecule has 1 aliphatic heterocycles. The number of hydrogen-bond acceptors (Lipinski definition) is 3. The molecule has 1 fully saturated rings. The molecule has 122 valence electrons. The van der Waals surface area contributed by atoms with Crippen LogP contribution in [0.1, 0.15) is 17.2 Å². The Morgan fingerprint density at radius 1 is 1.13 bits per heavy atom. The number of hydrogen-bond donors (Lipinski definition) is 1. The number of sulfonamides is 1. The summed E-state index contributed by atoms with van der Waals surface area (Å²) in [5.41, 5.74) is 1.72. The third kappa shape index (κ3) is 3.93. The van der Waals surface area contributed by atoms with Crippen molar-refractivity contribution in [3.63, 3.8) is 0 Å². The molecule has 0 bridgehead atoms. The average Bonchev–Trinajstić information content (AvgIpc) is 2.55. The van der Waals surface area contributed by atoms with Crippen molar-refractivity contribution in [2.75, 3.05) is 19.6 Å². The highest BCUT2D eigenvalue weighted by Crippen LogP contribution is 2.28. The van der Waals surface area contributed by atoms with E-state index in [9.17, 15) is 8.42 Å². The molecule has 0 aliphatic carbocycles. The molecule has 0 amide bonds. The Morgan fingerprint density at radius 3 is 2.65 bits per heavy atom. The van der Waals surface area contributed by atoms with Crippen molar-refractivity contribution in [1.82, 2.24) is 9.62 Å². The number of benzene rings is 2. The van der Waals surface area contributed by atoms with Crippen molar-refractivity contribution in [2.24, 2.45) is 0 Å². The summed E-state index contributed by atoms with van der Waals surface area (Å²) in [6.07, 6.45) is 0. The molecular weight excluding hydrogens is 332 g/mol. The lowest BCUT2D eigenvalue weighted by Gasteiger charge is -2.35. The molecule has 1 heterocycles. The van der Waals surface area contributed by atoms with E-state index >= 15 is 0 Å². The van der Waals surface area contributed by atoms with Gasteiger partial charge in [-0.15, -0.1) is 0 Å². The van der Waals surface area contributed by atoms with Gasteiger partial charge in [0.25, 0.3) is 0 Å². The van der Waals surface area contributed by atoms with Gasteiger partial charge in [-0.1, -0.05) is 54.1 Å². The lowest BCUT2D eigenvalue weighted by molar-refractivity contribution is 0.271. The first-order valence-corrected chi connectivity index (χ1v) is 9.54. The standard InChI is InChI=1S/C17H19ClN2O2S/c18-16-8-4-7-15(11-16)17-12-19-9-10-20(17)23(21,22)13-14-5-2-1-3-6-14/h1-8,11,17,19H,9-10,12-13H2. The SMILES string of the molecule is O=S(=O)(Cc1ccccc1)N1CCNCC1c1cccc(Cl)c1. The molecule has 1 aliphatic rings. The van der Waals surface area contributed by atoms with Gasteiger partial charge in [-0.2, -0.15) is 4.31 Å². The van der Waals surface area contributed by atoms with Gasteiger partial charge in [0.2, 0.25) is 10.0 Å². The predicted octanol–water partition coefficient (Wildman–Crippen LogP) is 2.82. The van der Waals surface area contributed by atoms with Gasteiger partial charge in [-0.3, -0.25) is 0 Å². The molecule has 1 unspecified atom stereocenters. The highest BCUT2D eigenvalue weighted by molar-refractivity contribution is 7.88. The van der Waals surface area contributed by atoms with Crippen molar-refractivity contribution in [3.8, 4) is 0 Å². The van der Waals surface area contributed by atoms with Crippen molar-refractivity contribution in [3.05, 3.63) is 70.7 Å². The molecule has 23 heavy (non-hydrogen) atoms. The second-order valence-electron chi connectivity index (χ2n) is 5.63. The van der Waals surface area contributed by atoms with E-state index in [1.54, 1.807) is 10.4 Å². The summed E-state index contributed by atoms with van der Waals surface area (Å²) in [7, 11) is -3.40. The van der Waals surface area contributed by atoms with Gasteiger partial charge in [0, 0.05) is 24.7 Å². The van der Waals surface area contributed by atoms with Crippen molar-refractivity contribution in [2.45, 2.75) is 11.8 Å². The third-order valence-corrected chi connectivity index (χ3v) is 6.06. The van der Waals surface area contributed by atoms with E-state index in [2.05, 4.69) is 5.32 Å². The fourth-order valence-corrected chi connectivity index (χ4v) is 4.82. The van der Waals surface area contributed by atoms with Crippen molar-refractivity contribution >= 4 is 21.6 Å². The molecule has 0 aromatic heterocycles. The Bertz CT molecular complexity index is 765.